The molecular weight excluding hydrogens is 1330 g/mol. The zero-order valence-electron chi connectivity index (χ0n) is 65.8. The molecule has 0 N–H and O–H groups in total. The predicted octanol–water partition coefficient (Wildman–Crippen LogP) is 29.7. The highest BCUT2D eigenvalue weighted by Crippen LogP contribution is 2.48. The lowest BCUT2D eigenvalue weighted by Gasteiger charge is -2.32. The molecule has 0 atom stereocenters. The summed E-state index contributed by atoms with van der Waals surface area (Å²) < 4.78 is 12.7. The molecule has 0 saturated heterocycles. The van der Waals surface area contributed by atoms with E-state index in [-0.39, 0.29) is 0 Å². The van der Waals surface area contributed by atoms with Crippen molar-refractivity contribution in [2.24, 2.45) is 0 Å². The molecule has 8 heteroatoms. The van der Waals surface area contributed by atoms with E-state index in [1.165, 1.54) is 75.8 Å². The Morgan fingerprint density at radius 2 is 0.495 bits per heavy atom. The number of nitrogens with zero attached hydrogens (tertiary/aromatic N) is 6. The first kappa shape index (κ1) is 75.5. The van der Waals surface area contributed by atoms with Gasteiger partial charge in [-0.15, -0.1) is 0 Å². The van der Waals surface area contributed by atoms with Gasteiger partial charge < -0.3 is 38.9 Å². The number of rotatable bonds is 32. The van der Waals surface area contributed by atoms with Crippen molar-refractivity contribution in [2.75, 3.05) is 42.6 Å². The summed E-state index contributed by atoms with van der Waals surface area (Å²) in [5, 5.41) is 0. The number of aryl methyl sites for hydroxylation is 9. The first-order chi connectivity index (χ1) is 53.2. The van der Waals surface area contributed by atoms with Crippen molar-refractivity contribution >= 4 is 102 Å². The molecule has 13 aromatic carbocycles. The highest BCUT2D eigenvalue weighted by molar-refractivity contribution is 5.89. The van der Waals surface area contributed by atoms with Crippen LogP contribution in [0.15, 0.2) is 297 Å². The third-order valence-electron chi connectivity index (χ3n) is 20.6. The molecule has 0 bridgehead atoms. The molecule has 13 aromatic rings. The summed E-state index contributed by atoms with van der Waals surface area (Å²) in [5.74, 6) is 1.68. The second kappa shape index (κ2) is 35.8. The van der Waals surface area contributed by atoms with Crippen molar-refractivity contribution in [3.63, 3.8) is 0 Å². The lowest BCUT2D eigenvalue weighted by Crippen LogP contribution is -2.15. The van der Waals surface area contributed by atoms with E-state index in [2.05, 4.69) is 403 Å². The highest BCUT2D eigenvalue weighted by atomic mass is 16.5. The van der Waals surface area contributed by atoms with Crippen LogP contribution in [0.1, 0.15) is 129 Å². The van der Waals surface area contributed by atoms with Crippen molar-refractivity contribution in [1.29, 1.82) is 0 Å². The van der Waals surface area contributed by atoms with Crippen LogP contribution in [0.2, 0.25) is 0 Å². The standard InChI is InChI=1S/C101H106N6O2/c1-12-16-22-80-34-42-83(43-35-80)103(84-44-36-81(37-45-84)23-17-13-2)86-48-46-85(47-49-86)102(82-38-29-73(5)30-39-82)89-56-62-94(63-57-89)107(101-78(10)68-76(8)69-79(101)11)95-64-58-90(59-65-95)104(88-54-60-93(61-55-88)106(92-40-31-74(6)32-41-92)100-70-75(7)28-33-77(100)9)87-50-52-91(53-51-87)105(96-24-20-26-98(71-96)108-66-18-14-3)97-25-21-27-99(72-97)109-67-19-15-4/h20-21,24-65,68-72H,12-19,22-23,66-67H2,1-11H3. The van der Waals surface area contributed by atoms with Crippen LogP contribution in [0, 0.1) is 48.5 Å². The summed E-state index contributed by atoms with van der Waals surface area (Å²) in [7, 11) is 0. The van der Waals surface area contributed by atoms with Crippen LogP contribution in [-0.2, 0) is 12.8 Å². The van der Waals surface area contributed by atoms with E-state index < -0.39 is 0 Å². The van der Waals surface area contributed by atoms with Crippen LogP contribution in [0.25, 0.3) is 0 Å². The van der Waals surface area contributed by atoms with Gasteiger partial charge in [-0.1, -0.05) is 155 Å². The molecule has 0 aliphatic rings. The van der Waals surface area contributed by atoms with E-state index in [0.29, 0.717) is 13.2 Å². The first-order valence-electron chi connectivity index (χ1n) is 39.5. The maximum atomic E-state index is 6.35. The summed E-state index contributed by atoms with van der Waals surface area (Å²) in [6, 6.07) is 110. The molecule has 552 valence electrons. The van der Waals surface area contributed by atoms with Crippen LogP contribution in [0.3, 0.4) is 0 Å². The topological polar surface area (TPSA) is 37.9 Å². The van der Waals surface area contributed by atoms with E-state index in [1.54, 1.807) is 0 Å². The average Bonchev–Trinajstić information content (AvgIpc) is 0.778. The molecule has 109 heavy (non-hydrogen) atoms. The van der Waals surface area contributed by atoms with Crippen LogP contribution in [0.5, 0.6) is 11.5 Å². The highest BCUT2D eigenvalue weighted by Gasteiger charge is 2.25. The quantitative estimate of drug-likeness (QED) is 0.0386. The lowest BCUT2D eigenvalue weighted by molar-refractivity contribution is 0.309. The van der Waals surface area contributed by atoms with Gasteiger partial charge in [0.15, 0.2) is 0 Å². The number of benzene rings is 13. The summed E-state index contributed by atoms with van der Waals surface area (Å²) >= 11 is 0. The Morgan fingerprint density at radius 3 is 0.817 bits per heavy atom. The van der Waals surface area contributed by atoms with E-state index >= 15 is 0 Å². The van der Waals surface area contributed by atoms with Crippen LogP contribution < -0.4 is 38.9 Å². The van der Waals surface area contributed by atoms with Gasteiger partial charge in [-0.3, -0.25) is 0 Å². The Hall–Kier alpha value is -11.7. The largest absolute Gasteiger partial charge is 0.494 e. The SMILES string of the molecule is CCCCOc1cccc(N(c2ccc(N(c3ccc(N(c4ccc(C)cc4)c4cc(C)ccc4C)cc3)c3ccc(N(c4ccc(N(c5ccc(C)cc5)c5ccc(N(c6ccc(CCCC)cc6)c6ccc(CCCC)cc6)cc5)cc4)c4c(C)cc(C)cc4C)cc3)cc2)c2cccc(OCCCC)c2)c1. The van der Waals surface area contributed by atoms with Crippen LogP contribution in [-0.4, -0.2) is 13.2 Å². The van der Waals surface area contributed by atoms with Gasteiger partial charge in [-0.25, -0.2) is 0 Å². The zero-order valence-corrected chi connectivity index (χ0v) is 65.8. The zero-order chi connectivity index (χ0) is 75.8. The molecule has 0 spiro atoms. The Bertz CT molecular complexity index is 4950. The van der Waals surface area contributed by atoms with Gasteiger partial charge in [0.1, 0.15) is 11.5 Å². The van der Waals surface area contributed by atoms with Crippen molar-refractivity contribution < 1.29 is 9.47 Å². The van der Waals surface area contributed by atoms with Gasteiger partial charge in [0, 0.05) is 109 Å². The van der Waals surface area contributed by atoms with Crippen molar-refractivity contribution in [2.45, 2.75) is 140 Å². The lowest BCUT2D eigenvalue weighted by atomic mass is 10.0. The van der Waals surface area contributed by atoms with Gasteiger partial charge in [0.2, 0.25) is 0 Å². The summed E-state index contributed by atoms with van der Waals surface area (Å²) in [4.78, 5) is 14.3. The molecule has 0 aliphatic carbocycles. The second-order valence-electron chi connectivity index (χ2n) is 29.2. The van der Waals surface area contributed by atoms with Crippen LogP contribution in [0.4, 0.5) is 102 Å². The Labute approximate surface area is 649 Å². The molecular formula is C101H106N6O2. The van der Waals surface area contributed by atoms with E-state index in [4.69, 9.17) is 9.47 Å². The molecule has 0 aromatic heterocycles. The smallest absolute Gasteiger partial charge is 0.121 e. The Kier molecular flexibility index (Phi) is 24.8. The fourth-order valence-corrected chi connectivity index (χ4v) is 14.7. The summed E-state index contributed by atoms with van der Waals surface area (Å²) in [5.41, 5.74) is 30.4. The number of ether oxygens (including phenoxy) is 2. The minimum atomic E-state index is 0.662. The van der Waals surface area contributed by atoms with E-state index in [0.717, 1.165) is 152 Å². The number of unbranched alkanes of at least 4 members (excludes halogenated alkanes) is 4. The maximum Gasteiger partial charge on any atom is 0.121 e. The predicted molar refractivity (Wildman–Crippen MR) is 466 cm³/mol. The van der Waals surface area contributed by atoms with Gasteiger partial charge in [-0.2, -0.15) is 0 Å². The fraction of sp³-hybridized carbons (Fsp3) is 0.228. The van der Waals surface area contributed by atoms with Gasteiger partial charge in [0.25, 0.3) is 0 Å². The van der Waals surface area contributed by atoms with E-state index in [9.17, 15) is 0 Å². The molecule has 0 heterocycles. The Morgan fingerprint density at radius 1 is 0.220 bits per heavy atom. The van der Waals surface area contributed by atoms with Crippen molar-refractivity contribution in [3.8, 4) is 11.5 Å². The molecule has 8 nitrogen and oxygen atoms in total. The average molecular weight is 1440 g/mol. The van der Waals surface area contributed by atoms with E-state index in [1.807, 2.05) is 0 Å². The summed E-state index contributed by atoms with van der Waals surface area (Å²) in [6.07, 6.45) is 11.0. The molecule has 13 rings (SSSR count). The molecule has 0 amide bonds. The van der Waals surface area contributed by atoms with Crippen LogP contribution >= 0.6 is 0 Å². The monoisotopic (exact) mass is 1430 g/mol. The first-order valence-corrected chi connectivity index (χ1v) is 39.5. The van der Waals surface area contributed by atoms with Crippen molar-refractivity contribution in [3.05, 3.63) is 347 Å². The third kappa shape index (κ3) is 18.1. The summed E-state index contributed by atoms with van der Waals surface area (Å²) in [6.45, 7) is 25.6. The maximum absolute atomic E-state index is 6.35. The molecule has 0 fully saturated rings. The van der Waals surface area contributed by atoms with Gasteiger partial charge in [-0.05, 0) is 321 Å². The Balaban J connectivity index is 0.889. The second-order valence-corrected chi connectivity index (χ2v) is 29.2. The molecule has 0 unspecified atom stereocenters. The number of anilines is 18. The third-order valence-corrected chi connectivity index (χ3v) is 20.6. The van der Waals surface area contributed by atoms with Crippen molar-refractivity contribution in [1.82, 2.24) is 0 Å². The fourth-order valence-electron chi connectivity index (χ4n) is 14.7. The minimum Gasteiger partial charge on any atom is -0.494 e. The molecule has 0 aliphatic heterocycles. The van der Waals surface area contributed by atoms with Gasteiger partial charge >= 0.3 is 0 Å². The minimum absolute atomic E-state index is 0.662. The molecule has 0 radical (unpaired) electrons. The number of hydrogen-bond acceptors (Lipinski definition) is 8. The molecule has 0 saturated carbocycles. The normalized spacial score (nSPS) is 11.1. The number of hydrogen-bond donors (Lipinski definition) is 0. The van der Waals surface area contributed by atoms with Gasteiger partial charge in [0.05, 0.1) is 18.9 Å².